The third kappa shape index (κ3) is 19.0. The standard InChI is InChI=1S/C51H72N18O11/c1-27(70)62-33(15-8-20-59-50(54)55)43(74)66-36-24-41(72)58-19-7-14-32(42(53)73)63-45(76)35(23-29-25-61-31-13-6-5-12-30(29)31)65-47(78)38-26-69(39(48(79)68-38)16-9-21-60-51(56)57)49(80)37(22-28-10-3-2-4-11-28)67-44(75)34(64-46(36)77)17-18-40(52)71/h2-6,10-13,25,32-39,61H,7-9,14-24,26H2,1H3,(H2,52,71)(H2,53,73)(H,58,72)(H,62,70)(H,63,76)(H,64,77)(H,65,78)(H,66,74)(H,67,75)(H,68,79)(H4,54,55,59)(H4,56,57,60)/t32-,33-,34-,35-,36-,37+,38+,39-/m0/s1. The number of hydrogen-bond acceptors (Lipinski definition) is 13. The fourth-order valence-electron chi connectivity index (χ4n) is 9.15. The van der Waals surface area contributed by atoms with E-state index in [4.69, 9.17) is 34.4 Å². The van der Waals surface area contributed by atoms with Gasteiger partial charge in [0.1, 0.15) is 48.3 Å². The first-order chi connectivity index (χ1) is 38.1. The number of nitrogens with two attached hydrogens (primary N) is 6. The highest BCUT2D eigenvalue weighted by atomic mass is 16.2. The lowest BCUT2D eigenvalue weighted by Gasteiger charge is -2.41. The van der Waals surface area contributed by atoms with E-state index in [1.54, 1.807) is 60.8 Å². The van der Waals surface area contributed by atoms with Gasteiger partial charge in [0.05, 0.1) is 13.0 Å². The number of H-pyrrole nitrogens is 1. The number of para-hydroxylation sites is 1. The van der Waals surface area contributed by atoms with Crippen LogP contribution in [0, 0.1) is 0 Å². The van der Waals surface area contributed by atoms with Crippen LogP contribution in [-0.2, 0) is 65.6 Å². The molecule has 21 N–H and O–H groups in total. The van der Waals surface area contributed by atoms with Gasteiger partial charge in [0.25, 0.3) is 0 Å². The van der Waals surface area contributed by atoms with Crippen molar-refractivity contribution in [2.45, 2.75) is 126 Å². The minimum Gasteiger partial charge on any atom is -0.370 e. The minimum atomic E-state index is -1.77. The number of primary amides is 2. The quantitative estimate of drug-likeness (QED) is 0.0303. The SMILES string of the molecule is CC(=O)N[C@@H](CCCN=C(N)N)C(=O)N[C@H]1CC(=O)NCCC[C@@H](C(N)=O)NC(=O)[C@H](Cc2c[nH]c3ccccc23)NC(=O)[C@H]2CN(C(=O)[C@@H](Cc3ccccc3)NC(=O)[C@H](CCC(N)=O)NC1=O)[C@@H](CCCN=C(N)N)C(=O)N2. The Hall–Kier alpha value is -9.31. The number of hydrogen-bond donors (Lipinski definition) is 15. The van der Waals surface area contributed by atoms with E-state index in [1.165, 1.54) is 0 Å². The molecule has 11 amide bonds. The van der Waals surface area contributed by atoms with Gasteiger partial charge in [0.2, 0.25) is 65.0 Å². The lowest BCUT2D eigenvalue weighted by molar-refractivity contribution is -0.150. The molecule has 2 aromatic carbocycles. The normalized spacial score (nSPS) is 22.1. The van der Waals surface area contributed by atoms with Crippen LogP contribution in [0.25, 0.3) is 10.9 Å². The maximum absolute atomic E-state index is 15.3. The van der Waals surface area contributed by atoms with Crippen LogP contribution < -0.4 is 76.9 Å². The van der Waals surface area contributed by atoms with E-state index in [0.29, 0.717) is 16.5 Å². The molecule has 0 saturated carbocycles. The van der Waals surface area contributed by atoms with Crippen molar-refractivity contribution >= 4 is 87.8 Å². The van der Waals surface area contributed by atoms with Crippen molar-refractivity contribution in [1.29, 1.82) is 0 Å². The van der Waals surface area contributed by atoms with Crippen molar-refractivity contribution in [2.24, 2.45) is 44.4 Å². The second-order valence-corrected chi connectivity index (χ2v) is 19.4. The number of guanidine groups is 2. The zero-order valence-corrected chi connectivity index (χ0v) is 44.3. The largest absolute Gasteiger partial charge is 0.370 e. The lowest BCUT2D eigenvalue weighted by atomic mass is 9.98. The van der Waals surface area contributed by atoms with Crippen molar-refractivity contribution in [2.75, 3.05) is 26.2 Å². The molecule has 3 heterocycles. The van der Waals surface area contributed by atoms with Gasteiger partial charge in [-0.25, -0.2) is 0 Å². The van der Waals surface area contributed by atoms with E-state index < -0.39 is 139 Å². The minimum absolute atomic E-state index is 0.00727. The predicted octanol–water partition coefficient (Wildman–Crippen LogP) is -5.26. The lowest BCUT2D eigenvalue weighted by Crippen LogP contribution is -2.68. The van der Waals surface area contributed by atoms with Crippen LogP contribution in [0.3, 0.4) is 0 Å². The first kappa shape index (κ1) is 61.5. The zero-order chi connectivity index (χ0) is 58.5. The number of nitrogens with zero attached hydrogens (tertiary/aromatic N) is 3. The number of fused-ring (bicyclic) bond motifs is 3. The Bertz CT molecular complexity index is 2800. The molecule has 29 heteroatoms. The fraction of sp³-hybridized carbons (Fsp3) is 0.471. The maximum Gasteiger partial charge on any atom is 0.246 e. The van der Waals surface area contributed by atoms with E-state index in [2.05, 4.69) is 57.5 Å². The van der Waals surface area contributed by atoms with Crippen LogP contribution in [0.5, 0.6) is 0 Å². The number of benzene rings is 2. The highest BCUT2D eigenvalue weighted by molar-refractivity contribution is 6.00. The van der Waals surface area contributed by atoms with Gasteiger partial charge >= 0.3 is 0 Å². The molecule has 29 nitrogen and oxygen atoms in total. The average molecular weight is 1110 g/mol. The van der Waals surface area contributed by atoms with Gasteiger partial charge in [-0.05, 0) is 62.1 Å². The molecular formula is C51H72N18O11. The van der Waals surface area contributed by atoms with Crippen molar-refractivity contribution < 1.29 is 52.7 Å². The van der Waals surface area contributed by atoms with Crippen molar-refractivity contribution in [1.82, 2.24) is 52.4 Å². The molecule has 3 aromatic rings. The first-order valence-corrected chi connectivity index (χ1v) is 26.0. The van der Waals surface area contributed by atoms with Gasteiger partial charge in [-0.1, -0.05) is 48.5 Å². The van der Waals surface area contributed by atoms with Crippen LogP contribution in [0.4, 0.5) is 0 Å². The molecule has 80 heavy (non-hydrogen) atoms. The van der Waals surface area contributed by atoms with Crippen LogP contribution in [0.1, 0.15) is 75.8 Å². The Labute approximate surface area is 460 Å². The highest BCUT2D eigenvalue weighted by Crippen LogP contribution is 2.22. The Morgan fingerprint density at radius 2 is 1.36 bits per heavy atom. The molecule has 2 aliphatic heterocycles. The summed E-state index contributed by atoms with van der Waals surface area (Å²) in [5, 5.41) is 21.4. The number of carbonyl (C=O) groups excluding carboxylic acids is 11. The van der Waals surface area contributed by atoms with Crippen molar-refractivity contribution in [3.8, 4) is 0 Å². The highest BCUT2D eigenvalue weighted by Gasteiger charge is 2.43. The molecule has 8 atom stereocenters. The second-order valence-electron chi connectivity index (χ2n) is 19.4. The molecule has 5 rings (SSSR count). The smallest absolute Gasteiger partial charge is 0.246 e. The molecular weight excluding hydrogens is 1040 g/mol. The zero-order valence-electron chi connectivity index (χ0n) is 44.3. The van der Waals surface area contributed by atoms with E-state index in [0.717, 1.165) is 17.3 Å². The van der Waals surface area contributed by atoms with Crippen LogP contribution in [-0.4, -0.2) is 161 Å². The van der Waals surface area contributed by atoms with Gasteiger partial charge in [0, 0.05) is 62.9 Å². The first-order valence-electron chi connectivity index (χ1n) is 26.0. The Morgan fingerprint density at radius 3 is 2.04 bits per heavy atom. The molecule has 2 saturated heterocycles. The van der Waals surface area contributed by atoms with E-state index in [9.17, 15) is 47.9 Å². The summed E-state index contributed by atoms with van der Waals surface area (Å²) < 4.78 is 0. The number of aromatic nitrogens is 1. The molecule has 432 valence electrons. The molecule has 0 aliphatic carbocycles. The number of amides is 11. The van der Waals surface area contributed by atoms with Crippen LogP contribution in [0.15, 0.2) is 70.8 Å². The number of piperazine rings is 1. The summed E-state index contributed by atoms with van der Waals surface area (Å²) in [4.78, 5) is 165. The molecule has 2 bridgehead atoms. The molecule has 2 aliphatic rings. The summed E-state index contributed by atoms with van der Waals surface area (Å²) in [6.45, 7) is 0.587. The molecule has 0 spiro atoms. The monoisotopic (exact) mass is 1110 g/mol. The number of aromatic amines is 1. The fourth-order valence-corrected chi connectivity index (χ4v) is 9.15. The van der Waals surface area contributed by atoms with E-state index >= 15 is 4.79 Å². The summed E-state index contributed by atoms with van der Waals surface area (Å²) in [5.74, 6) is -10.2. The average Bonchev–Trinajstić information content (AvgIpc) is 3.82. The topological polar surface area (TPSA) is 484 Å². The number of carbonyl (C=O) groups is 11. The molecule has 2 fully saturated rings. The summed E-state index contributed by atoms with van der Waals surface area (Å²) >= 11 is 0. The van der Waals surface area contributed by atoms with Gasteiger partial charge in [0.15, 0.2) is 11.9 Å². The van der Waals surface area contributed by atoms with Gasteiger partial charge < -0.3 is 86.8 Å². The molecule has 0 unspecified atom stereocenters. The number of nitrogens with one attached hydrogen (secondary N) is 9. The predicted molar refractivity (Wildman–Crippen MR) is 291 cm³/mol. The van der Waals surface area contributed by atoms with Gasteiger partial charge in [-0.15, -0.1) is 0 Å². The van der Waals surface area contributed by atoms with E-state index in [-0.39, 0.29) is 82.9 Å². The maximum atomic E-state index is 15.3. The Morgan fingerprint density at radius 1 is 0.713 bits per heavy atom. The number of rotatable bonds is 19. The van der Waals surface area contributed by atoms with Crippen LogP contribution in [0.2, 0.25) is 0 Å². The third-order valence-electron chi connectivity index (χ3n) is 13.2. The van der Waals surface area contributed by atoms with Crippen molar-refractivity contribution in [3.63, 3.8) is 0 Å². The van der Waals surface area contributed by atoms with E-state index in [1.807, 2.05) is 0 Å². The summed E-state index contributed by atoms with van der Waals surface area (Å²) in [6, 6.07) is 3.69. The Kier molecular flexibility index (Phi) is 23.1. The van der Waals surface area contributed by atoms with Crippen molar-refractivity contribution in [3.05, 3.63) is 71.9 Å². The molecule has 0 radical (unpaired) electrons. The Balaban J connectivity index is 1.59. The number of aliphatic imine (C=N–C) groups is 2. The van der Waals surface area contributed by atoms with Gasteiger partial charge in [-0.2, -0.15) is 0 Å². The molecule has 1 aromatic heterocycles. The summed E-state index contributed by atoms with van der Waals surface area (Å²) in [5.41, 5.74) is 35.1. The second kappa shape index (κ2) is 30.0. The summed E-state index contributed by atoms with van der Waals surface area (Å²) in [7, 11) is 0. The third-order valence-corrected chi connectivity index (χ3v) is 13.2. The van der Waals surface area contributed by atoms with Crippen LogP contribution >= 0.6 is 0 Å². The van der Waals surface area contributed by atoms with Gasteiger partial charge in [-0.3, -0.25) is 62.7 Å². The summed E-state index contributed by atoms with van der Waals surface area (Å²) in [6.07, 6.45) is -0.326.